The van der Waals surface area contributed by atoms with Crippen LogP contribution in [0.4, 0.5) is 0 Å². The molecule has 1 saturated carbocycles. The summed E-state index contributed by atoms with van der Waals surface area (Å²) in [5.74, 6) is 1.16. The smallest absolute Gasteiger partial charge is 0.225 e. The molecule has 2 heteroatoms. The van der Waals surface area contributed by atoms with E-state index in [9.17, 15) is 4.79 Å². The van der Waals surface area contributed by atoms with E-state index in [4.69, 9.17) is 0 Å². The lowest BCUT2D eigenvalue weighted by Gasteiger charge is -2.23. The average molecular weight is 271 g/mol. The fraction of sp³-hybridized carbons (Fsp3) is 0.500. The van der Waals surface area contributed by atoms with E-state index in [0.717, 1.165) is 25.9 Å². The minimum atomic E-state index is 0.305. The molecule has 1 fully saturated rings. The predicted octanol–water partition coefficient (Wildman–Crippen LogP) is 3.98. The summed E-state index contributed by atoms with van der Waals surface area (Å²) in [7, 11) is 0. The molecule has 20 heavy (non-hydrogen) atoms. The largest absolute Gasteiger partial charge is 0.338 e. The Balaban J connectivity index is 2.01. The first-order chi connectivity index (χ1) is 9.58. The molecule has 0 aliphatic heterocycles. The van der Waals surface area contributed by atoms with Crippen molar-refractivity contribution in [2.75, 3.05) is 13.1 Å². The number of carbonyl (C=O) groups is 1. The molecule has 1 aliphatic rings. The first kappa shape index (κ1) is 14.8. The van der Waals surface area contributed by atoms with Gasteiger partial charge in [-0.3, -0.25) is 4.79 Å². The SMILES string of the molecule is C/C(=C\CN(CC(C)C)C(=O)C1CC1)c1ccccc1. The van der Waals surface area contributed by atoms with Crippen molar-refractivity contribution in [1.29, 1.82) is 0 Å². The normalized spacial score (nSPS) is 15.5. The summed E-state index contributed by atoms with van der Waals surface area (Å²) < 4.78 is 0. The lowest BCUT2D eigenvalue weighted by Crippen LogP contribution is -2.35. The van der Waals surface area contributed by atoms with Crippen molar-refractivity contribution < 1.29 is 4.79 Å². The summed E-state index contributed by atoms with van der Waals surface area (Å²) in [4.78, 5) is 14.3. The maximum absolute atomic E-state index is 12.3. The summed E-state index contributed by atoms with van der Waals surface area (Å²) in [6, 6.07) is 10.4. The Morgan fingerprint density at radius 2 is 1.95 bits per heavy atom. The zero-order chi connectivity index (χ0) is 14.5. The third-order valence-corrected chi connectivity index (χ3v) is 3.67. The minimum Gasteiger partial charge on any atom is -0.338 e. The van der Waals surface area contributed by atoms with Crippen molar-refractivity contribution in [2.45, 2.75) is 33.6 Å². The van der Waals surface area contributed by atoms with Crippen LogP contribution >= 0.6 is 0 Å². The van der Waals surface area contributed by atoms with Gasteiger partial charge in [0.05, 0.1) is 0 Å². The maximum Gasteiger partial charge on any atom is 0.225 e. The molecular formula is C18H25NO. The van der Waals surface area contributed by atoms with Gasteiger partial charge in [0.15, 0.2) is 0 Å². The summed E-state index contributed by atoms with van der Waals surface area (Å²) in [6.45, 7) is 8.04. The third kappa shape index (κ3) is 4.22. The monoisotopic (exact) mass is 271 g/mol. The Morgan fingerprint density at radius 3 is 2.50 bits per heavy atom. The number of rotatable bonds is 6. The molecule has 0 bridgehead atoms. The minimum absolute atomic E-state index is 0.305. The molecule has 108 valence electrons. The van der Waals surface area contributed by atoms with Gasteiger partial charge in [0.25, 0.3) is 0 Å². The van der Waals surface area contributed by atoms with E-state index in [2.05, 4.69) is 39.0 Å². The van der Waals surface area contributed by atoms with Crippen LogP contribution < -0.4 is 0 Å². The summed E-state index contributed by atoms with van der Waals surface area (Å²) >= 11 is 0. The summed E-state index contributed by atoms with van der Waals surface area (Å²) in [5, 5.41) is 0. The van der Waals surface area contributed by atoms with Gasteiger partial charge in [-0.1, -0.05) is 50.3 Å². The molecule has 0 N–H and O–H groups in total. The zero-order valence-electron chi connectivity index (χ0n) is 12.8. The van der Waals surface area contributed by atoms with Gasteiger partial charge in [0.2, 0.25) is 5.91 Å². The van der Waals surface area contributed by atoms with Gasteiger partial charge in [-0.05, 0) is 36.8 Å². The Hall–Kier alpha value is -1.57. The molecule has 0 aromatic heterocycles. The zero-order valence-corrected chi connectivity index (χ0v) is 12.8. The highest BCUT2D eigenvalue weighted by atomic mass is 16.2. The van der Waals surface area contributed by atoms with Crippen LogP contribution in [-0.2, 0) is 4.79 Å². The van der Waals surface area contributed by atoms with E-state index < -0.39 is 0 Å². The molecule has 1 amide bonds. The highest BCUT2D eigenvalue weighted by Crippen LogP contribution is 2.31. The average Bonchev–Trinajstić information content (AvgIpc) is 3.27. The standard InChI is InChI=1S/C18H25NO/c1-14(2)13-19(18(20)17-9-10-17)12-11-15(3)16-7-5-4-6-8-16/h4-8,11,14,17H,9-10,12-13H2,1-3H3/b15-11+. The number of hydrogen-bond donors (Lipinski definition) is 0. The van der Waals surface area contributed by atoms with Crippen LogP contribution in [0.2, 0.25) is 0 Å². The van der Waals surface area contributed by atoms with Crippen molar-refractivity contribution in [1.82, 2.24) is 4.90 Å². The van der Waals surface area contributed by atoms with Gasteiger partial charge in [-0.25, -0.2) is 0 Å². The highest BCUT2D eigenvalue weighted by molar-refractivity contribution is 5.81. The second kappa shape index (κ2) is 6.74. The Bertz CT molecular complexity index is 471. The fourth-order valence-corrected chi connectivity index (χ4v) is 2.35. The topological polar surface area (TPSA) is 20.3 Å². The Morgan fingerprint density at radius 1 is 1.30 bits per heavy atom. The van der Waals surface area contributed by atoms with Crippen molar-refractivity contribution in [2.24, 2.45) is 11.8 Å². The third-order valence-electron chi connectivity index (χ3n) is 3.67. The van der Waals surface area contributed by atoms with Crippen LogP contribution in [0.25, 0.3) is 5.57 Å². The molecule has 1 aliphatic carbocycles. The van der Waals surface area contributed by atoms with E-state index in [0.29, 0.717) is 17.7 Å². The van der Waals surface area contributed by atoms with Crippen LogP contribution in [0.5, 0.6) is 0 Å². The molecule has 0 spiro atoms. The Kier molecular flexibility index (Phi) is 4.99. The first-order valence-corrected chi connectivity index (χ1v) is 7.59. The highest BCUT2D eigenvalue weighted by Gasteiger charge is 2.33. The van der Waals surface area contributed by atoms with Gasteiger partial charge in [-0.2, -0.15) is 0 Å². The number of nitrogens with zero attached hydrogens (tertiary/aromatic N) is 1. The lowest BCUT2D eigenvalue weighted by atomic mass is 10.1. The molecule has 2 rings (SSSR count). The van der Waals surface area contributed by atoms with Crippen molar-refractivity contribution in [3.63, 3.8) is 0 Å². The number of benzene rings is 1. The van der Waals surface area contributed by atoms with Crippen LogP contribution in [-0.4, -0.2) is 23.9 Å². The van der Waals surface area contributed by atoms with E-state index in [1.54, 1.807) is 0 Å². The quantitative estimate of drug-likeness (QED) is 0.766. The van der Waals surface area contributed by atoms with Crippen LogP contribution in [0.3, 0.4) is 0 Å². The van der Waals surface area contributed by atoms with E-state index in [1.165, 1.54) is 11.1 Å². The molecule has 2 nitrogen and oxygen atoms in total. The maximum atomic E-state index is 12.3. The summed E-state index contributed by atoms with van der Waals surface area (Å²) in [5.41, 5.74) is 2.47. The first-order valence-electron chi connectivity index (χ1n) is 7.59. The van der Waals surface area contributed by atoms with E-state index in [1.807, 2.05) is 23.1 Å². The van der Waals surface area contributed by atoms with Crippen LogP contribution in [0, 0.1) is 11.8 Å². The predicted molar refractivity (Wildman–Crippen MR) is 84.2 cm³/mol. The molecule has 0 unspecified atom stereocenters. The number of allylic oxidation sites excluding steroid dienone is 1. The Labute approximate surface area is 122 Å². The van der Waals surface area contributed by atoms with Gasteiger partial charge in [0, 0.05) is 19.0 Å². The molecular weight excluding hydrogens is 246 g/mol. The van der Waals surface area contributed by atoms with Gasteiger partial charge >= 0.3 is 0 Å². The van der Waals surface area contributed by atoms with Crippen LogP contribution in [0.1, 0.15) is 39.2 Å². The molecule has 0 radical (unpaired) electrons. The van der Waals surface area contributed by atoms with Crippen molar-refractivity contribution in [3.8, 4) is 0 Å². The number of amides is 1. The van der Waals surface area contributed by atoms with Gasteiger partial charge < -0.3 is 4.90 Å². The molecule has 0 heterocycles. The molecule has 1 aromatic rings. The van der Waals surface area contributed by atoms with Crippen molar-refractivity contribution >= 4 is 11.5 Å². The molecule has 0 saturated heterocycles. The van der Waals surface area contributed by atoms with E-state index >= 15 is 0 Å². The fourth-order valence-electron chi connectivity index (χ4n) is 2.35. The van der Waals surface area contributed by atoms with Gasteiger partial charge in [-0.15, -0.1) is 0 Å². The van der Waals surface area contributed by atoms with E-state index in [-0.39, 0.29) is 0 Å². The lowest BCUT2D eigenvalue weighted by molar-refractivity contribution is -0.132. The summed E-state index contributed by atoms with van der Waals surface area (Å²) in [6.07, 6.45) is 4.33. The van der Waals surface area contributed by atoms with Gasteiger partial charge in [0.1, 0.15) is 0 Å². The van der Waals surface area contributed by atoms with Crippen molar-refractivity contribution in [3.05, 3.63) is 42.0 Å². The number of carbonyl (C=O) groups excluding carboxylic acids is 1. The molecule has 1 aromatic carbocycles. The molecule has 0 atom stereocenters. The number of hydrogen-bond acceptors (Lipinski definition) is 1. The second-order valence-electron chi connectivity index (χ2n) is 6.16. The van der Waals surface area contributed by atoms with Crippen LogP contribution in [0.15, 0.2) is 36.4 Å². The second-order valence-corrected chi connectivity index (χ2v) is 6.16.